The average molecular weight is 293 g/mol. The van der Waals surface area contributed by atoms with Crippen LogP contribution in [-0.4, -0.2) is 0 Å². The van der Waals surface area contributed by atoms with Crippen LogP contribution in [0.15, 0.2) is 24.3 Å². The lowest BCUT2D eigenvalue weighted by Gasteiger charge is -2.22. The molecule has 1 aromatic carbocycles. The number of benzene rings is 1. The molecule has 0 spiro atoms. The van der Waals surface area contributed by atoms with Gasteiger partial charge in [-0.3, -0.25) is 0 Å². The van der Waals surface area contributed by atoms with Gasteiger partial charge in [0.1, 0.15) is 5.75 Å². The lowest BCUT2D eigenvalue weighted by molar-refractivity contribution is 0.443. The molecule has 0 heterocycles. The van der Waals surface area contributed by atoms with Gasteiger partial charge in [0, 0.05) is 22.5 Å². The Labute approximate surface area is 111 Å². The summed E-state index contributed by atoms with van der Waals surface area (Å²) in [7, 11) is 0. The molecule has 0 saturated heterocycles. The fraction of sp³-hybridized carbons (Fsp3) is 0.500. The van der Waals surface area contributed by atoms with Gasteiger partial charge in [0.15, 0.2) is 0 Å². The molecule has 0 atom stereocenters. The first-order valence-electron chi connectivity index (χ1n) is 5.83. The lowest BCUT2D eigenvalue weighted by atomic mass is 9.84. The molecule has 2 rings (SSSR count). The van der Waals surface area contributed by atoms with Crippen LogP contribution in [0.2, 0.25) is 0 Å². The van der Waals surface area contributed by atoms with E-state index in [4.69, 9.17) is 27.0 Å². The number of rotatable bonds is 3. The van der Waals surface area contributed by atoms with E-state index in [0.717, 1.165) is 0 Å². The molecule has 1 saturated carbocycles. The van der Waals surface area contributed by atoms with E-state index in [1.807, 2.05) is 12.1 Å². The third kappa shape index (κ3) is 4.21. The van der Waals surface area contributed by atoms with Crippen molar-refractivity contribution in [3.63, 3.8) is 0 Å². The second kappa shape index (κ2) is 5.65. The van der Waals surface area contributed by atoms with Gasteiger partial charge in [-0.1, -0.05) is 31.4 Å². The molecule has 0 amide bonds. The highest BCUT2D eigenvalue weighted by Gasteiger charge is 2.18. The van der Waals surface area contributed by atoms with E-state index < -0.39 is 6.07 Å². The Kier molecular flexibility index (Phi) is 4.41. The topological polar surface area (TPSA) is 26.3 Å². The Morgan fingerprint density at radius 3 is 2.18 bits per heavy atom. The van der Waals surface area contributed by atoms with Gasteiger partial charge in [0.25, 0.3) is 0 Å². The molecule has 1 fully saturated rings. The van der Waals surface area contributed by atoms with Gasteiger partial charge in [0.2, 0.25) is 0 Å². The van der Waals surface area contributed by atoms with Gasteiger partial charge in [-0.15, -0.1) is 0 Å². The Hall–Kier alpha value is -0.170. The van der Waals surface area contributed by atoms with Gasteiger partial charge in [0.05, 0.1) is 0 Å². The van der Waals surface area contributed by atoms with E-state index in [1.54, 1.807) is 12.1 Å². The summed E-state index contributed by atoms with van der Waals surface area (Å²) >= 11 is 10.7. The van der Waals surface area contributed by atoms with Crippen molar-refractivity contribution in [1.82, 2.24) is 0 Å². The van der Waals surface area contributed by atoms with E-state index in [0.29, 0.717) is 11.7 Å². The van der Waals surface area contributed by atoms with Crippen LogP contribution < -0.4 is 4.52 Å². The molecule has 0 aliphatic heterocycles. The third-order valence-corrected chi connectivity index (χ3v) is 4.01. The molecule has 1 aliphatic rings. The molecule has 94 valence electrons. The minimum atomic E-state index is -3.49. The van der Waals surface area contributed by atoms with Crippen molar-refractivity contribution in [2.45, 2.75) is 38.0 Å². The van der Waals surface area contributed by atoms with Crippen LogP contribution in [0.5, 0.6) is 5.75 Å². The lowest BCUT2D eigenvalue weighted by Crippen LogP contribution is -2.04. The molecule has 0 radical (unpaired) electrons. The van der Waals surface area contributed by atoms with Crippen LogP contribution in [-0.2, 0) is 4.57 Å². The van der Waals surface area contributed by atoms with Crippen LogP contribution in [0.25, 0.3) is 0 Å². The fourth-order valence-corrected chi connectivity index (χ4v) is 3.20. The molecular weight excluding hydrogens is 278 g/mol. The van der Waals surface area contributed by atoms with Crippen molar-refractivity contribution in [3.05, 3.63) is 29.8 Å². The second-order valence-corrected chi connectivity index (χ2v) is 8.61. The summed E-state index contributed by atoms with van der Waals surface area (Å²) in [6, 6.07) is 7.58. The molecule has 1 aromatic rings. The van der Waals surface area contributed by atoms with Gasteiger partial charge in [-0.05, 0) is 36.5 Å². The molecule has 2 nitrogen and oxygen atoms in total. The number of halogens is 2. The fourth-order valence-electron chi connectivity index (χ4n) is 2.36. The summed E-state index contributed by atoms with van der Waals surface area (Å²) in [4.78, 5) is 0. The van der Waals surface area contributed by atoms with Crippen molar-refractivity contribution in [2.75, 3.05) is 0 Å². The maximum atomic E-state index is 11.1. The average Bonchev–Trinajstić information content (AvgIpc) is 2.29. The normalized spacial score (nSPS) is 18.0. The first kappa shape index (κ1) is 13.3. The van der Waals surface area contributed by atoms with Crippen LogP contribution >= 0.6 is 28.6 Å². The molecule has 0 unspecified atom stereocenters. The highest BCUT2D eigenvalue weighted by molar-refractivity contribution is 8.05. The molecule has 1 aliphatic carbocycles. The standard InChI is InChI=1S/C12H15Cl2O2P/c13-17(14,15)16-12-8-6-11(7-9-12)10-4-2-1-3-5-10/h6-10H,1-5H2. The van der Waals surface area contributed by atoms with E-state index in [9.17, 15) is 4.57 Å². The molecule has 0 aromatic heterocycles. The highest BCUT2D eigenvalue weighted by atomic mass is 35.9. The molecule has 5 heteroatoms. The van der Waals surface area contributed by atoms with Crippen LogP contribution in [0.1, 0.15) is 43.6 Å². The number of hydrogen-bond acceptors (Lipinski definition) is 2. The van der Waals surface area contributed by atoms with Gasteiger partial charge in [-0.25, -0.2) is 4.57 Å². The Morgan fingerprint density at radius 2 is 1.65 bits per heavy atom. The van der Waals surface area contributed by atoms with E-state index >= 15 is 0 Å². The quantitative estimate of drug-likeness (QED) is 0.668. The zero-order chi connectivity index (χ0) is 12.3. The summed E-state index contributed by atoms with van der Waals surface area (Å²) in [5, 5.41) is 0. The van der Waals surface area contributed by atoms with E-state index in [1.165, 1.54) is 37.7 Å². The largest absolute Gasteiger partial charge is 0.428 e. The monoisotopic (exact) mass is 292 g/mol. The van der Waals surface area contributed by atoms with Crippen molar-refractivity contribution >= 4 is 28.6 Å². The van der Waals surface area contributed by atoms with Crippen molar-refractivity contribution in [2.24, 2.45) is 0 Å². The maximum Gasteiger partial charge on any atom is 0.428 e. The summed E-state index contributed by atoms with van der Waals surface area (Å²) in [5.41, 5.74) is 1.32. The maximum absolute atomic E-state index is 11.1. The predicted octanol–water partition coefficient (Wildman–Crippen LogP) is 5.70. The summed E-state index contributed by atoms with van der Waals surface area (Å²) < 4.78 is 16.0. The van der Waals surface area contributed by atoms with Gasteiger partial charge >= 0.3 is 6.07 Å². The SMILES string of the molecule is O=P(Cl)(Cl)Oc1ccc(C2CCCCC2)cc1. The van der Waals surface area contributed by atoms with Gasteiger partial charge in [-0.2, -0.15) is 0 Å². The van der Waals surface area contributed by atoms with Crippen molar-refractivity contribution in [3.8, 4) is 5.75 Å². The van der Waals surface area contributed by atoms with E-state index in [2.05, 4.69) is 0 Å². The molecule has 0 N–H and O–H groups in total. The summed E-state index contributed by atoms with van der Waals surface area (Å²) in [5.74, 6) is 1.11. The molecular formula is C12H15Cl2O2P. The minimum absolute atomic E-state index is 0.456. The van der Waals surface area contributed by atoms with Crippen molar-refractivity contribution < 1.29 is 9.09 Å². The van der Waals surface area contributed by atoms with E-state index in [-0.39, 0.29) is 0 Å². The minimum Gasteiger partial charge on any atom is -0.422 e. The summed E-state index contributed by atoms with van der Waals surface area (Å²) in [6.07, 6.45) is 2.98. The third-order valence-electron chi connectivity index (χ3n) is 3.17. The Bertz CT molecular complexity index is 407. The summed E-state index contributed by atoms with van der Waals surface area (Å²) in [6.45, 7) is 0. The predicted molar refractivity (Wildman–Crippen MR) is 72.2 cm³/mol. The zero-order valence-electron chi connectivity index (χ0n) is 9.44. The molecule has 0 bridgehead atoms. The zero-order valence-corrected chi connectivity index (χ0v) is 11.8. The van der Waals surface area contributed by atoms with Gasteiger partial charge < -0.3 is 4.52 Å². The van der Waals surface area contributed by atoms with Crippen LogP contribution in [0, 0.1) is 0 Å². The first-order chi connectivity index (χ1) is 8.04. The van der Waals surface area contributed by atoms with Crippen molar-refractivity contribution in [1.29, 1.82) is 0 Å². The highest BCUT2D eigenvalue weighted by Crippen LogP contribution is 2.57. The first-order valence-corrected chi connectivity index (χ1v) is 9.27. The Balaban J connectivity index is 2.04. The molecule has 17 heavy (non-hydrogen) atoms. The van der Waals surface area contributed by atoms with Crippen LogP contribution in [0.4, 0.5) is 0 Å². The van der Waals surface area contributed by atoms with Crippen LogP contribution in [0.3, 0.4) is 0 Å². The second-order valence-electron chi connectivity index (χ2n) is 4.41. The number of hydrogen-bond donors (Lipinski definition) is 0. The Morgan fingerprint density at radius 1 is 1.06 bits per heavy atom. The smallest absolute Gasteiger partial charge is 0.422 e.